The number of nitrogens with one attached hydrogen (secondary N) is 2. The van der Waals surface area contributed by atoms with Gasteiger partial charge in [-0.25, -0.2) is 9.78 Å². The predicted molar refractivity (Wildman–Crippen MR) is 90.0 cm³/mol. The van der Waals surface area contributed by atoms with Crippen LogP contribution in [0.1, 0.15) is 27.2 Å². The van der Waals surface area contributed by atoms with Crippen molar-refractivity contribution < 1.29 is 40.7 Å². The van der Waals surface area contributed by atoms with Crippen molar-refractivity contribution >= 4 is 17.6 Å². The first kappa shape index (κ1) is 22.7. The molecule has 1 aromatic carbocycles. The Morgan fingerprint density at radius 3 is 2.17 bits per heavy atom. The molecule has 13 heteroatoms. The molecule has 1 amide bonds. The molecule has 0 bridgehead atoms. The highest BCUT2D eigenvalue weighted by molar-refractivity contribution is 6.00. The van der Waals surface area contributed by atoms with Gasteiger partial charge >= 0.3 is 24.0 Å². The Bertz CT molecular complexity index is 942. The number of imidazole rings is 1. The van der Waals surface area contributed by atoms with E-state index in [1.165, 1.54) is 12.5 Å². The van der Waals surface area contributed by atoms with Gasteiger partial charge in [-0.15, -0.1) is 0 Å². The van der Waals surface area contributed by atoms with E-state index in [4.69, 9.17) is 6.57 Å². The SMILES string of the molecule is C#[N+]c1cc(C(F)(F)F)c(C(=O)N[C@H](Cc2cnc[nH]2)C(=O)OC)c(C(F)(F)F)c1. The highest BCUT2D eigenvalue weighted by Gasteiger charge is 2.45. The Balaban J connectivity index is 2.58. The van der Waals surface area contributed by atoms with Crippen LogP contribution in [0.2, 0.25) is 0 Å². The van der Waals surface area contributed by atoms with Gasteiger partial charge in [0.1, 0.15) is 6.04 Å². The summed E-state index contributed by atoms with van der Waals surface area (Å²) < 4.78 is 85.0. The predicted octanol–water partition coefficient (Wildman–Crippen LogP) is 3.56. The van der Waals surface area contributed by atoms with E-state index in [0.29, 0.717) is 0 Å². The number of carbonyl (C=O) groups is 2. The standard InChI is InChI=1S/C17H12F6N4O3/c1-24-8-3-10(16(18,19)20)13(11(4-8)17(21,22)23)14(28)27-12(15(29)30-2)5-9-6-25-7-26-9/h1,3-4,6-7,12H,5H2,2H3,(H-,25,26,27,28)/p+1/t12-/m1/s1. The molecule has 30 heavy (non-hydrogen) atoms. The number of nitrogens with zero attached hydrogens (tertiary/aromatic N) is 2. The van der Waals surface area contributed by atoms with Crippen molar-refractivity contribution in [1.29, 1.82) is 0 Å². The largest absolute Gasteiger partial charge is 0.467 e. The highest BCUT2D eigenvalue weighted by Crippen LogP contribution is 2.42. The molecule has 0 radical (unpaired) electrons. The normalized spacial score (nSPS) is 12.7. The Morgan fingerprint density at radius 1 is 1.20 bits per heavy atom. The summed E-state index contributed by atoms with van der Waals surface area (Å²) in [5, 5.41) is 1.86. The minimum atomic E-state index is -5.35. The van der Waals surface area contributed by atoms with Crippen molar-refractivity contribution in [2.75, 3.05) is 7.11 Å². The molecule has 160 valence electrons. The molecule has 7 nitrogen and oxygen atoms in total. The zero-order chi connectivity index (χ0) is 22.7. The van der Waals surface area contributed by atoms with E-state index in [2.05, 4.69) is 19.5 Å². The van der Waals surface area contributed by atoms with Gasteiger partial charge in [-0.1, -0.05) is 0 Å². The summed E-state index contributed by atoms with van der Waals surface area (Å²) in [5.41, 5.74) is -6.11. The van der Waals surface area contributed by atoms with Crippen molar-refractivity contribution in [3.63, 3.8) is 0 Å². The Hall–Kier alpha value is -3.56. The van der Waals surface area contributed by atoms with Crippen molar-refractivity contribution in [3.8, 4) is 6.57 Å². The number of hydrogen-bond acceptors (Lipinski definition) is 4. The molecule has 0 saturated heterocycles. The average Bonchev–Trinajstić information content (AvgIpc) is 3.17. The fourth-order valence-corrected chi connectivity index (χ4v) is 2.58. The van der Waals surface area contributed by atoms with Gasteiger partial charge in [-0.3, -0.25) is 4.79 Å². The van der Waals surface area contributed by atoms with Gasteiger partial charge in [0.25, 0.3) is 12.5 Å². The monoisotopic (exact) mass is 435 g/mol. The quantitative estimate of drug-likeness (QED) is 0.556. The summed E-state index contributed by atoms with van der Waals surface area (Å²) in [6.45, 7) is 4.83. The van der Waals surface area contributed by atoms with Gasteiger partial charge in [-0.2, -0.15) is 26.3 Å². The van der Waals surface area contributed by atoms with Gasteiger partial charge in [-0.05, 0) is 4.85 Å². The van der Waals surface area contributed by atoms with Gasteiger partial charge in [0.2, 0.25) is 0 Å². The van der Waals surface area contributed by atoms with Gasteiger partial charge in [0.05, 0.1) is 30.1 Å². The molecule has 0 unspecified atom stereocenters. The minimum Gasteiger partial charge on any atom is -0.467 e. The molecule has 0 aliphatic rings. The van der Waals surface area contributed by atoms with Crippen LogP contribution in [0, 0.1) is 6.57 Å². The summed E-state index contributed by atoms with van der Waals surface area (Å²) >= 11 is 0. The topological polar surface area (TPSA) is 88.4 Å². The summed E-state index contributed by atoms with van der Waals surface area (Å²) in [6, 6.07) is -1.19. The number of ether oxygens (including phenoxy) is 1. The fourth-order valence-electron chi connectivity index (χ4n) is 2.58. The van der Waals surface area contributed by atoms with Crippen LogP contribution in [0.5, 0.6) is 0 Å². The number of benzene rings is 1. The molecule has 1 atom stereocenters. The fraction of sp³-hybridized carbons (Fsp3) is 0.294. The number of aromatic amines is 1. The molecule has 0 fully saturated rings. The van der Waals surface area contributed by atoms with E-state index in [-0.39, 0.29) is 24.2 Å². The Morgan fingerprint density at radius 2 is 1.77 bits per heavy atom. The Kier molecular flexibility index (Phi) is 6.39. The van der Waals surface area contributed by atoms with Crippen molar-refractivity contribution in [2.24, 2.45) is 0 Å². The van der Waals surface area contributed by atoms with Crippen molar-refractivity contribution in [1.82, 2.24) is 15.3 Å². The third-order valence-electron chi connectivity index (χ3n) is 3.88. The number of carbonyl (C=O) groups excluding carboxylic acids is 2. The smallest absolute Gasteiger partial charge is 0.417 e. The summed E-state index contributed by atoms with van der Waals surface area (Å²) in [6.07, 6.45) is -8.54. The third kappa shape index (κ3) is 5.07. The molecule has 0 aliphatic carbocycles. The summed E-state index contributed by atoms with van der Waals surface area (Å²) in [4.78, 5) is 33.6. The second-order valence-electron chi connectivity index (χ2n) is 5.87. The van der Waals surface area contributed by atoms with Crippen LogP contribution in [-0.4, -0.2) is 35.0 Å². The van der Waals surface area contributed by atoms with Crippen LogP contribution in [0.15, 0.2) is 24.7 Å². The second kappa shape index (κ2) is 8.44. The van der Waals surface area contributed by atoms with E-state index in [0.717, 1.165) is 7.11 Å². The number of aromatic nitrogens is 2. The number of H-pyrrole nitrogens is 1. The molecule has 2 rings (SSSR count). The third-order valence-corrected chi connectivity index (χ3v) is 3.88. The lowest BCUT2D eigenvalue weighted by atomic mass is 9.97. The summed E-state index contributed by atoms with van der Waals surface area (Å²) in [5.74, 6) is -2.87. The first-order valence-corrected chi connectivity index (χ1v) is 7.97. The lowest BCUT2D eigenvalue weighted by molar-refractivity contribution is -0.143. The van der Waals surface area contributed by atoms with Gasteiger partial charge < -0.3 is 15.0 Å². The van der Waals surface area contributed by atoms with Gasteiger partial charge in [0.15, 0.2) is 0 Å². The van der Waals surface area contributed by atoms with E-state index < -0.39 is 52.6 Å². The summed E-state index contributed by atoms with van der Waals surface area (Å²) in [7, 11) is 0.939. The molecule has 1 heterocycles. The number of methoxy groups -OCH3 is 1. The van der Waals surface area contributed by atoms with E-state index in [9.17, 15) is 35.9 Å². The molecule has 0 saturated carbocycles. The molecule has 1 aromatic heterocycles. The van der Waals surface area contributed by atoms with Crippen LogP contribution in [0.3, 0.4) is 0 Å². The van der Waals surface area contributed by atoms with Crippen molar-refractivity contribution in [3.05, 3.63) is 51.9 Å². The Labute approximate surface area is 164 Å². The number of hydrogen-bond donors (Lipinski definition) is 2. The lowest BCUT2D eigenvalue weighted by Crippen LogP contribution is -2.44. The van der Waals surface area contributed by atoms with Crippen molar-refractivity contribution in [2.45, 2.75) is 24.8 Å². The van der Waals surface area contributed by atoms with Gasteiger partial charge in [0, 0.05) is 30.4 Å². The molecular formula is C17H13F6N4O3+. The zero-order valence-electron chi connectivity index (χ0n) is 15.1. The van der Waals surface area contributed by atoms with Crippen LogP contribution >= 0.6 is 0 Å². The number of rotatable bonds is 5. The molecule has 2 N–H and O–H groups in total. The number of halogens is 6. The first-order chi connectivity index (χ1) is 13.9. The van der Waals surface area contributed by atoms with E-state index in [1.807, 2.05) is 5.32 Å². The first-order valence-electron chi connectivity index (χ1n) is 7.97. The van der Waals surface area contributed by atoms with Crippen LogP contribution in [-0.2, 0) is 28.3 Å². The maximum Gasteiger partial charge on any atom is 0.417 e. The molecule has 0 aliphatic heterocycles. The molecule has 2 aromatic rings. The highest BCUT2D eigenvalue weighted by atomic mass is 19.4. The maximum absolute atomic E-state index is 13.4. The van der Waals surface area contributed by atoms with E-state index >= 15 is 0 Å². The number of esters is 1. The number of alkyl halides is 6. The number of amides is 1. The minimum absolute atomic E-state index is 0.201. The molecular weight excluding hydrogens is 422 g/mol. The van der Waals surface area contributed by atoms with Crippen LogP contribution in [0.4, 0.5) is 32.0 Å². The lowest BCUT2D eigenvalue weighted by Gasteiger charge is -2.20. The van der Waals surface area contributed by atoms with Crippen LogP contribution in [0.25, 0.3) is 4.85 Å². The average molecular weight is 435 g/mol. The molecule has 0 spiro atoms. The second-order valence-corrected chi connectivity index (χ2v) is 5.87. The zero-order valence-corrected chi connectivity index (χ0v) is 15.1. The maximum atomic E-state index is 13.4. The van der Waals surface area contributed by atoms with E-state index in [1.54, 1.807) is 0 Å². The van der Waals surface area contributed by atoms with Crippen LogP contribution < -0.4 is 5.32 Å².